The van der Waals surface area contributed by atoms with Gasteiger partial charge in [-0.1, -0.05) is 24.3 Å². The molecule has 1 heterocycles. The highest BCUT2D eigenvalue weighted by molar-refractivity contribution is 9.10. The molecule has 0 fully saturated rings. The van der Waals surface area contributed by atoms with Gasteiger partial charge in [-0.15, -0.1) is 11.3 Å². The number of benzene rings is 1. The first-order valence-corrected chi connectivity index (χ1v) is 9.54. The minimum atomic E-state index is -3.36. The SMILES string of the molecule is CN(Cc1cc(Br)cs1)S(=O)(=O)Cc1ccc(CO)cc1. The smallest absolute Gasteiger partial charge is 0.218 e. The first kappa shape index (κ1) is 16.6. The molecule has 1 aromatic heterocycles. The molecular weight excluding hydrogens is 374 g/mol. The number of hydrogen-bond acceptors (Lipinski definition) is 4. The molecular formula is C14H16BrNO3S2. The Labute approximate surface area is 137 Å². The van der Waals surface area contributed by atoms with Crippen LogP contribution in [0.3, 0.4) is 0 Å². The van der Waals surface area contributed by atoms with Gasteiger partial charge in [-0.25, -0.2) is 8.42 Å². The summed E-state index contributed by atoms with van der Waals surface area (Å²) in [6, 6.07) is 8.87. The van der Waals surface area contributed by atoms with Crippen molar-refractivity contribution in [3.8, 4) is 0 Å². The molecule has 0 atom stereocenters. The Bertz CT molecular complexity index is 695. The van der Waals surface area contributed by atoms with Crippen LogP contribution in [0.15, 0.2) is 40.2 Å². The Morgan fingerprint density at radius 1 is 1.24 bits per heavy atom. The van der Waals surface area contributed by atoms with Crippen molar-refractivity contribution < 1.29 is 13.5 Å². The fourth-order valence-corrected chi connectivity index (χ4v) is 4.57. The van der Waals surface area contributed by atoms with E-state index in [1.807, 2.05) is 11.4 Å². The van der Waals surface area contributed by atoms with Crippen molar-refractivity contribution in [3.63, 3.8) is 0 Å². The minimum Gasteiger partial charge on any atom is -0.392 e. The number of aliphatic hydroxyl groups excluding tert-OH is 1. The van der Waals surface area contributed by atoms with Crippen LogP contribution in [0.2, 0.25) is 0 Å². The summed E-state index contributed by atoms with van der Waals surface area (Å²) in [4.78, 5) is 0.989. The molecule has 0 unspecified atom stereocenters. The van der Waals surface area contributed by atoms with Crippen LogP contribution in [-0.2, 0) is 28.9 Å². The monoisotopic (exact) mass is 389 g/mol. The zero-order valence-corrected chi connectivity index (χ0v) is 14.7. The minimum absolute atomic E-state index is 0.0399. The molecule has 7 heteroatoms. The van der Waals surface area contributed by atoms with Gasteiger partial charge in [-0.3, -0.25) is 0 Å². The predicted molar refractivity (Wildman–Crippen MR) is 88.5 cm³/mol. The molecule has 0 amide bonds. The van der Waals surface area contributed by atoms with E-state index in [4.69, 9.17) is 5.11 Å². The van der Waals surface area contributed by atoms with Gasteiger partial charge >= 0.3 is 0 Å². The maximum atomic E-state index is 12.3. The van der Waals surface area contributed by atoms with Crippen molar-refractivity contribution in [2.24, 2.45) is 0 Å². The van der Waals surface area contributed by atoms with E-state index in [1.54, 1.807) is 31.3 Å². The maximum absolute atomic E-state index is 12.3. The van der Waals surface area contributed by atoms with Crippen molar-refractivity contribution in [2.75, 3.05) is 7.05 Å². The first-order valence-electron chi connectivity index (χ1n) is 6.26. The summed E-state index contributed by atoms with van der Waals surface area (Å²) < 4.78 is 27.0. The number of hydrogen-bond donors (Lipinski definition) is 1. The molecule has 2 rings (SSSR count). The van der Waals surface area contributed by atoms with Crippen LogP contribution >= 0.6 is 27.3 Å². The Kier molecular flexibility index (Phi) is 5.56. The normalized spacial score (nSPS) is 12.0. The highest BCUT2D eigenvalue weighted by Crippen LogP contribution is 2.22. The Morgan fingerprint density at radius 3 is 2.38 bits per heavy atom. The Balaban J connectivity index is 2.05. The lowest BCUT2D eigenvalue weighted by molar-refractivity contribution is 0.282. The van der Waals surface area contributed by atoms with Crippen LogP contribution in [0.25, 0.3) is 0 Å². The van der Waals surface area contributed by atoms with E-state index in [9.17, 15) is 8.42 Å². The molecule has 21 heavy (non-hydrogen) atoms. The zero-order chi connectivity index (χ0) is 15.5. The molecule has 0 aliphatic heterocycles. The van der Waals surface area contributed by atoms with Crippen molar-refractivity contribution in [3.05, 3.63) is 56.2 Å². The molecule has 0 saturated carbocycles. The van der Waals surface area contributed by atoms with Crippen LogP contribution < -0.4 is 0 Å². The summed E-state index contributed by atoms with van der Waals surface area (Å²) in [7, 11) is -1.77. The summed E-state index contributed by atoms with van der Waals surface area (Å²) in [6.45, 7) is 0.327. The quantitative estimate of drug-likeness (QED) is 0.825. The third-order valence-corrected chi connectivity index (χ3v) is 6.49. The lowest BCUT2D eigenvalue weighted by Gasteiger charge is -2.16. The van der Waals surface area contributed by atoms with Crippen LogP contribution in [0.5, 0.6) is 0 Å². The van der Waals surface area contributed by atoms with Gasteiger partial charge < -0.3 is 5.11 Å². The molecule has 114 valence electrons. The maximum Gasteiger partial charge on any atom is 0.218 e. The molecule has 0 radical (unpaired) electrons. The van der Waals surface area contributed by atoms with E-state index in [0.29, 0.717) is 12.1 Å². The number of rotatable bonds is 6. The third-order valence-electron chi connectivity index (χ3n) is 3.03. The lowest BCUT2D eigenvalue weighted by atomic mass is 10.2. The third kappa shape index (κ3) is 4.62. The van der Waals surface area contributed by atoms with Crippen LogP contribution in [0.1, 0.15) is 16.0 Å². The van der Waals surface area contributed by atoms with Gasteiger partial charge in [0.25, 0.3) is 0 Å². The molecule has 0 aliphatic rings. The zero-order valence-electron chi connectivity index (χ0n) is 11.5. The molecule has 2 aromatic rings. The van der Waals surface area contributed by atoms with Gasteiger partial charge in [0.2, 0.25) is 10.0 Å². The second-order valence-corrected chi connectivity index (χ2v) is 8.71. The average Bonchev–Trinajstić information content (AvgIpc) is 2.84. The lowest BCUT2D eigenvalue weighted by Crippen LogP contribution is -2.27. The number of nitrogens with zero attached hydrogens (tertiary/aromatic N) is 1. The molecule has 0 bridgehead atoms. The van der Waals surface area contributed by atoms with E-state index in [0.717, 1.165) is 14.9 Å². The molecule has 0 spiro atoms. The van der Waals surface area contributed by atoms with E-state index in [1.165, 1.54) is 15.6 Å². The molecule has 0 saturated heterocycles. The van der Waals surface area contributed by atoms with Crippen molar-refractivity contribution in [2.45, 2.75) is 18.9 Å². The summed E-state index contributed by atoms with van der Waals surface area (Å²) in [5.74, 6) is -0.0399. The van der Waals surface area contributed by atoms with Crippen molar-refractivity contribution in [1.82, 2.24) is 4.31 Å². The molecule has 4 nitrogen and oxygen atoms in total. The summed E-state index contributed by atoms with van der Waals surface area (Å²) >= 11 is 4.89. The fraction of sp³-hybridized carbons (Fsp3) is 0.286. The van der Waals surface area contributed by atoms with Gasteiger partial charge in [-0.2, -0.15) is 4.31 Å². The van der Waals surface area contributed by atoms with Gasteiger partial charge in [0.1, 0.15) is 0 Å². The van der Waals surface area contributed by atoms with Crippen LogP contribution in [0.4, 0.5) is 0 Å². The largest absolute Gasteiger partial charge is 0.392 e. The van der Waals surface area contributed by atoms with E-state index >= 15 is 0 Å². The predicted octanol–water partition coefficient (Wildman–Crippen LogP) is 2.96. The Morgan fingerprint density at radius 2 is 1.86 bits per heavy atom. The van der Waals surface area contributed by atoms with Gasteiger partial charge in [-0.05, 0) is 33.1 Å². The van der Waals surface area contributed by atoms with E-state index in [-0.39, 0.29) is 12.4 Å². The topological polar surface area (TPSA) is 57.6 Å². The van der Waals surface area contributed by atoms with Gasteiger partial charge in [0.05, 0.1) is 12.4 Å². The molecule has 1 N–H and O–H groups in total. The molecule has 1 aromatic carbocycles. The number of thiophene rings is 1. The Hall–Kier alpha value is -0.730. The second kappa shape index (κ2) is 7.02. The van der Waals surface area contributed by atoms with Crippen molar-refractivity contribution in [1.29, 1.82) is 0 Å². The van der Waals surface area contributed by atoms with Gasteiger partial charge in [0, 0.05) is 28.3 Å². The fourth-order valence-electron chi connectivity index (χ4n) is 1.82. The van der Waals surface area contributed by atoms with Gasteiger partial charge in [0.15, 0.2) is 0 Å². The standard InChI is InChI=1S/C14H16BrNO3S2/c1-16(7-14-6-13(15)9-20-14)21(18,19)10-12-4-2-11(8-17)3-5-12/h2-6,9,17H,7-8,10H2,1H3. The average molecular weight is 390 g/mol. The summed E-state index contributed by atoms with van der Waals surface area (Å²) in [6.07, 6.45) is 0. The number of aliphatic hydroxyl groups is 1. The summed E-state index contributed by atoms with van der Waals surface area (Å²) in [5.41, 5.74) is 1.49. The highest BCUT2D eigenvalue weighted by atomic mass is 79.9. The molecule has 0 aliphatic carbocycles. The van der Waals surface area contributed by atoms with Crippen LogP contribution in [0, 0.1) is 0 Å². The van der Waals surface area contributed by atoms with E-state index < -0.39 is 10.0 Å². The van der Waals surface area contributed by atoms with Crippen molar-refractivity contribution >= 4 is 37.3 Å². The van der Waals surface area contributed by atoms with Crippen LogP contribution in [-0.4, -0.2) is 24.9 Å². The number of sulfonamides is 1. The highest BCUT2D eigenvalue weighted by Gasteiger charge is 2.19. The number of halogens is 1. The summed E-state index contributed by atoms with van der Waals surface area (Å²) in [5, 5.41) is 10.9. The second-order valence-electron chi connectivity index (χ2n) is 4.72. The van der Waals surface area contributed by atoms with E-state index in [2.05, 4.69) is 15.9 Å². The first-order chi connectivity index (χ1) is 9.90.